The van der Waals surface area contributed by atoms with Crippen LogP contribution in [0.25, 0.3) is 22.0 Å². The van der Waals surface area contributed by atoms with Crippen LogP contribution in [-0.4, -0.2) is 15.9 Å². The standard InChI is InChI=1S/C30H24ClF2N3O/c1-18-4-2-6-26-29(18)21(17-35-26)15-28(37)36-27(14-19-12-23(32)16-24(33)13-19)30-25(5-3-11-34-30)20-7-9-22(31)10-8-20/h2-13,16-17,27,35H,14-15H2,1H3,(H,36,37)/t27-/m0/s1. The maximum absolute atomic E-state index is 14.0. The molecule has 0 aliphatic rings. The SMILES string of the molecule is Cc1cccc2[nH]cc(CC(=O)N[C@@H](Cc3cc(F)cc(F)c3)c3ncccc3-c3ccc(Cl)cc3)c12. The summed E-state index contributed by atoms with van der Waals surface area (Å²) in [6.45, 7) is 2.01. The quantitative estimate of drug-likeness (QED) is 0.242. The highest BCUT2D eigenvalue weighted by molar-refractivity contribution is 6.30. The number of carbonyl (C=O) groups excluding carboxylic acids is 1. The van der Waals surface area contributed by atoms with E-state index >= 15 is 0 Å². The number of aryl methyl sites for hydroxylation is 1. The van der Waals surface area contributed by atoms with Crippen LogP contribution in [0.2, 0.25) is 5.02 Å². The third-order valence-corrected chi connectivity index (χ3v) is 6.62. The number of nitrogens with zero attached hydrogens (tertiary/aromatic N) is 1. The number of rotatable bonds is 7. The van der Waals surface area contributed by atoms with Crippen molar-refractivity contribution < 1.29 is 13.6 Å². The molecule has 186 valence electrons. The Morgan fingerprint density at radius 3 is 2.54 bits per heavy atom. The van der Waals surface area contributed by atoms with E-state index < -0.39 is 17.7 Å². The Hall–Kier alpha value is -4.03. The van der Waals surface area contributed by atoms with E-state index in [0.29, 0.717) is 16.3 Å². The Balaban J connectivity index is 1.50. The first-order valence-corrected chi connectivity index (χ1v) is 12.3. The molecule has 0 aliphatic carbocycles. The fraction of sp³-hybridized carbons (Fsp3) is 0.133. The zero-order chi connectivity index (χ0) is 25.9. The Kier molecular flexibility index (Phi) is 7.01. The zero-order valence-corrected chi connectivity index (χ0v) is 20.8. The number of aromatic amines is 1. The number of carbonyl (C=O) groups is 1. The number of hydrogen-bond donors (Lipinski definition) is 2. The minimum atomic E-state index is -0.673. The van der Waals surface area contributed by atoms with Crippen LogP contribution in [0.1, 0.15) is 28.4 Å². The van der Waals surface area contributed by atoms with Crippen LogP contribution < -0.4 is 5.32 Å². The molecular formula is C30H24ClF2N3O. The third-order valence-electron chi connectivity index (χ3n) is 6.37. The second-order valence-electron chi connectivity index (χ2n) is 9.03. The van der Waals surface area contributed by atoms with Crippen LogP contribution in [0.15, 0.2) is 85.2 Å². The van der Waals surface area contributed by atoms with Crippen LogP contribution in [0.3, 0.4) is 0 Å². The molecule has 3 aromatic carbocycles. The van der Waals surface area contributed by atoms with E-state index in [1.54, 1.807) is 18.3 Å². The number of fused-ring (bicyclic) bond motifs is 1. The van der Waals surface area contributed by atoms with Gasteiger partial charge < -0.3 is 10.3 Å². The van der Waals surface area contributed by atoms with E-state index in [2.05, 4.69) is 15.3 Å². The first-order valence-electron chi connectivity index (χ1n) is 11.9. The van der Waals surface area contributed by atoms with Crippen molar-refractivity contribution in [3.8, 4) is 11.1 Å². The van der Waals surface area contributed by atoms with Crippen LogP contribution in [0.5, 0.6) is 0 Å². The highest BCUT2D eigenvalue weighted by Crippen LogP contribution is 2.30. The van der Waals surface area contributed by atoms with Crippen molar-refractivity contribution in [1.29, 1.82) is 0 Å². The highest BCUT2D eigenvalue weighted by atomic mass is 35.5. The van der Waals surface area contributed by atoms with E-state index in [0.717, 1.165) is 39.2 Å². The first kappa shape index (κ1) is 24.7. The van der Waals surface area contributed by atoms with Crippen molar-refractivity contribution in [1.82, 2.24) is 15.3 Å². The second-order valence-corrected chi connectivity index (χ2v) is 9.47. The van der Waals surface area contributed by atoms with Crippen molar-refractivity contribution in [3.63, 3.8) is 0 Å². The molecular weight excluding hydrogens is 492 g/mol. The number of H-pyrrole nitrogens is 1. The fourth-order valence-corrected chi connectivity index (χ4v) is 4.88. The number of pyridine rings is 1. The molecule has 1 atom stereocenters. The number of hydrogen-bond acceptors (Lipinski definition) is 2. The summed E-state index contributed by atoms with van der Waals surface area (Å²) in [6, 6.07) is 19.7. The lowest BCUT2D eigenvalue weighted by atomic mass is 9.95. The minimum Gasteiger partial charge on any atom is -0.361 e. The number of benzene rings is 3. The Morgan fingerprint density at radius 2 is 1.78 bits per heavy atom. The van der Waals surface area contributed by atoms with Crippen molar-refractivity contribution in [3.05, 3.63) is 124 Å². The predicted octanol–water partition coefficient (Wildman–Crippen LogP) is 7.11. The van der Waals surface area contributed by atoms with Gasteiger partial charge in [0.05, 0.1) is 18.2 Å². The van der Waals surface area contributed by atoms with Gasteiger partial charge in [-0.1, -0.05) is 41.9 Å². The van der Waals surface area contributed by atoms with E-state index in [4.69, 9.17) is 11.6 Å². The van der Waals surface area contributed by atoms with Crippen LogP contribution in [-0.2, 0) is 17.6 Å². The molecule has 0 saturated carbocycles. The van der Waals surface area contributed by atoms with E-state index in [1.165, 1.54) is 12.1 Å². The van der Waals surface area contributed by atoms with Crippen molar-refractivity contribution in [2.24, 2.45) is 0 Å². The molecule has 7 heteroatoms. The number of nitrogens with one attached hydrogen (secondary N) is 2. The molecule has 0 radical (unpaired) electrons. The first-order chi connectivity index (χ1) is 17.9. The van der Waals surface area contributed by atoms with Gasteiger partial charge in [-0.2, -0.15) is 0 Å². The summed E-state index contributed by atoms with van der Waals surface area (Å²) in [5, 5.41) is 4.69. The zero-order valence-electron chi connectivity index (χ0n) is 20.1. The summed E-state index contributed by atoms with van der Waals surface area (Å²) >= 11 is 6.08. The lowest BCUT2D eigenvalue weighted by Gasteiger charge is -2.22. The molecule has 0 aliphatic heterocycles. The summed E-state index contributed by atoms with van der Waals surface area (Å²) in [7, 11) is 0. The normalized spacial score (nSPS) is 12.0. The monoisotopic (exact) mass is 515 g/mol. The van der Waals surface area contributed by atoms with Gasteiger partial charge in [0, 0.05) is 39.9 Å². The molecule has 0 spiro atoms. The summed E-state index contributed by atoms with van der Waals surface area (Å²) in [6.07, 6.45) is 3.78. The minimum absolute atomic E-state index is 0.141. The number of amides is 1. The maximum atomic E-state index is 14.0. The van der Waals surface area contributed by atoms with E-state index in [9.17, 15) is 13.6 Å². The molecule has 5 aromatic rings. The average molecular weight is 516 g/mol. The molecule has 2 N–H and O–H groups in total. The molecule has 0 bridgehead atoms. The molecule has 2 aromatic heterocycles. The van der Waals surface area contributed by atoms with Gasteiger partial charge in [0.15, 0.2) is 0 Å². The lowest BCUT2D eigenvalue weighted by molar-refractivity contribution is -0.121. The average Bonchev–Trinajstić information content (AvgIpc) is 3.27. The fourth-order valence-electron chi connectivity index (χ4n) is 4.76. The summed E-state index contributed by atoms with van der Waals surface area (Å²) in [4.78, 5) is 21.2. The van der Waals surface area contributed by atoms with Crippen LogP contribution in [0, 0.1) is 18.6 Å². The molecule has 0 saturated heterocycles. The molecule has 2 heterocycles. The van der Waals surface area contributed by atoms with Gasteiger partial charge in [0.1, 0.15) is 11.6 Å². The lowest BCUT2D eigenvalue weighted by Crippen LogP contribution is -2.32. The van der Waals surface area contributed by atoms with Gasteiger partial charge >= 0.3 is 0 Å². The number of halogens is 3. The van der Waals surface area contributed by atoms with Gasteiger partial charge in [-0.25, -0.2) is 8.78 Å². The molecule has 5 rings (SSSR count). The molecule has 37 heavy (non-hydrogen) atoms. The van der Waals surface area contributed by atoms with Gasteiger partial charge in [0.2, 0.25) is 5.91 Å². The third kappa shape index (κ3) is 5.54. The smallest absolute Gasteiger partial charge is 0.225 e. The summed E-state index contributed by atoms with van der Waals surface area (Å²) in [5.41, 5.74) is 5.58. The topological polar surface area (TPSA) is 57.8 Å². The van der Waals surface area contributed by atoms with Crippen molar-refractivity contribution in [2.45, 2.75) is 25.8 Å². The second kappa shape index (κ2) is 10.5. The summed E-state index contributed by atoms with van der Waals surface area (Å²) in [5.74, 6) is -1.57. The maximum Gasteiger partial charge on any atom is 0.225 e. The highest BCUT2D eigenvalue weighted by Gasteiger charge is 2.22. The molecule has 4 nitrogen and oxygen atoms in total. The van der Waals surface area contributed by atoms with Gasteiger partial charge in [-0.3, -0.25) is 9.78 Å². The van der Waals surface area contributed by atoms with E-state index in [-0.39, 0.29) is 18.7 Å². The number of aromatic nitrogens is 2. The van der Waals surface area contributed by atoms with E-state index in [1.807, 2.05) is 55.6 Å². The molecule has 0 unspecified atom stereocenters. The summed E-state index contributed by atoms with van der Waals surface area (Å²) < 4.78 is 28.0. The Morgan fingerprint density at radius 1 is 1.03 bits per heavy atom. The Bertz CT molecular complexity index is 1560. The van der Waals surface area contributed by atoms with Gasteiger partial charge in [-0.05, 0) is 72.0 Å². The molecule has 1 amide bonds. The van der Waals surface area contributed by atoms with Crippen LogP contribution >= 0.6 is 11.6 Å². The van der Waals surface area contributed by atoms with Gasteiger partial charge in [0.25, 0.3) is 0 Å². The van der Waals surface area contributed by atoms with Crippen LogP contribution in [0.4, 0.5) is 8.78 Å². The van der Waals surface area contributed by atoms with Crippen molar-refractivity contribution in [2.75, 3.05) is 0 Å². The molecule has 0 fully saturated rings. The van der Waals surface area contributed by atoms with Crippen molar-refractivity contribution >= 4 is 28.4 Å². The predicted molar refractivity (Wildman–Crippen MR) is 142 cm³/mol. The largest absolute Gasteiger partial charge is 0.361 e. The Labute approximate surface area is 218 Å². The van der Waals surface area contributed by atoms with Gasteiger partial charge in [-0.15, -0.1) is 0 Å².